The van der Waals surface area contributed by atoms with Gasteiger partial charge >= 0.3 is 5.97 Å². The van der Waals surface area contributed by atoms with E-state index in [1.165, 1.54) is 22.3 Å². The summed E-state index contributed by atoms with van der Waals surface area (Å²) in [6, 6.07) is 24.1. The maximum atomic E-state index is 11.0. The van der Waals surface area contributed by atoms with E-state index >= 15 is 0 Å². The van der Waals surface area contributed by atoms with Crippen LogP contribution >= 0.6 is 0 Å². The van der Waals surface area contributed by atoms with E-state index in [-0.39, 0.29) is 5.41 Å². The fourth-order valence-electron chi connectivity index (χ4n) is 3.88. The summed E-state index contributed by atoms with van der Waals surface area (Å²) in [5.74, 6) is -0.905. The molecule has 0 aliphatic heterocycles. The molecule has 2 heteroatoms. The third-order valence-corrected chi connectivity index (χ3v) is 5.59. The molecule has 144 valence electrons. The van der Waals surface area contributed by atoms with Crippen molar-refractivity contribution in [3.05, 3.63) is 112 Å². The number of carboxylic acids is 1. The second-order valence-corrected chi connectivity index (χ2v) is 8.14. The lowest BCUT2D eigenvalue weighted by molar-refractivity contribution is 0.0697. The zero-order valence-electron chi connectivity index (χ0n) is 16.7. The molecule has 0 radical (unpaired) electrons. The fraction of sp³-hybridized carbons (Fsp3) is 0.148. The van der Waals surface area contributed by atoms with E-state index in [9.17, 15) is 4.79 Å². The SMILES string of the molecule is CC1(C)CC=C(c2ccccc2)c2cc(C=Cc3ccc(C(=O)O)cc3)ccc21. The Morgan fingerprint density at radius 1 is 0.897 bits per heavy atom. The zero-order valence-corrected chi connectivity index (χ0v) is 16.7. The third kappa shape index (κ3) is 3.93. The molecule has 0 unspecified atom stereocenters. The van der Waals surface area contributed by atoms with Crippen LogP contribution in [-0.4, -0.2) is 11.1 Å². The smallest absolute Gasteiger partial charge is 0.335 e. The Hall–Kier alpha value is -3.39. The van der Waals surface area contributed by atoms with Gasteiger partial charge in [0.05, 0.1) is 5.56 Å². The molecule has 0 fully saturated rings. The molecular formula is C27H24O2. The summed E-state index contributed by atoms with van der Waals surface area (Å²) < 4.78 is 0. The molecule has 0 atom stereocenters. The summed E-state index contributed by atoms with van der Waals surface area (Å²) in [7, 11) is 0. The van der Waals surface area contributed by atoms with Gasteiger partial charge in [-0.15, -0.1) is 0 Å². The molecule has 1 aliphatic carbocycles. The lowest BCUT2D eigenvalue weighted by Gasteiger charge is -2.32. The van der Waals surface area contributed by atoms with Gasteiger partial charge in [-0.25, -0.2) is 4.79 Å². The van der Waals surface area contributed by atoms with E-state index in [2.05, 4.69) is 68.5 Å². The first-order valence-electron chi connectivity index (χ1n) is 9.86. The van der Waals surface area contributed by atoms with Crippen LogP contribution in [0, 0.1) is 0 Å². The average molecular weight is 380 g/mol. The van der Waals surface area contributed by atoms with Crippen LogP contribution < -0.4 is 0 Å². The van der Waals surface area contributed by atoms with Crippen LogP contribution in [0.3, 0.4) is 0 Å². The normalized spacial score (nSPS) is 15.0. The largest absolute Gasteiger partial charge is 0.478 e. The Kier molecular flexibility index (Phi) is 4.94. The van der Waals surface area contributed by atoms with Gasteiger partial charge in [0.15, 0.2) is 0 Å². The average Bonchev–Trinajstić information content (AvgIpc) is 2.73. The molecule has 1 N–H and O–H groups in total. The molecule has 0 bridgehead atoms. The predicted octanol–water partition coefficient (Wildman–Crippen LogP) is 6.67. The number of hydrogen-bond acceptors (Lipinski definition) is 1. The first-order chi connectivity index (χ1) is 13.9. The number of allylic oxidation sites excluding steroid dienone is 1. The zero-order chi connectivity index (χ0) is 20.4. The van der Waals surface area contributed by atoms with Crippen molar-refractivity contribution in [3.8, 4) is 0 Å². The number of carbonyl (C=O) groups is 1. The summed E-state index contributed by atoms with van der Waals surface area (Å²) >= 11 is 0. The number of carboxylic acid groups (broad SMARTS) is 1. The molecule has 0 saturated heterocycles. The van der Waals surface area contributed by atoms with Gasteiger partial charge < -0.3 is 5.11 Å². The molecular weight excluding hydrogens is 356 g/mol. The quantitative estimate of drug-likeness (QED) is 0.513. The fourth-order valence-corrected chi connectivity index (χ4v) is 3.88. The highest BCUT2D eigenvalue weighted by molar-refractivity contribution is 5.88. The van der Waals surface area contributed by atoms with E-state index in [1.54, 1.807) is 12.1 Å². The lowest BCUT2D eigenvalue weighted by Crippen LogP contribution is -2.21. The Morgan fingerprint density at radius 3 is 2.24 bits per heavy atom. The summed E-state index contributed by atoms with van der Waals surface area (Å²) in [6.45, 7) is 4.59. The van der Waals surface area contributed by atoms with Crippen LogP contribution in [0.2, 0.25) is 0 Å². The Bertz CT molecular complexity index is 1100. The predicted molar refractivity (Wildman–Crippen MR) is 120 cm³/mol. The molecule has 4 rings (SSSR count). The lowest BCUT2D eigenvalue weighted by atomic mass is 9.72. The van der Waals surface area contributed by atoms with Crippen molar-refractivity contribution in [3.63, 3.8) is 0 Å². The molecule has 3 aromatic carbocycles. The maximum Gasteiger partial charge on any atom is 0.335 e. The molecule has 0 saturated carbocycles. The van der Waals surface area contributed by atoms with Crippen LogP contribution in [0.1, 0.15) is 58.4 Å². The molecule has 3 aromatic rings. The molecule has 0 aromatic heterocycles. The highest BCUT2D eigenvalue weighted by Gasteiger charge is 2.28. The van der Waals surface area contributed by atoms with Crippen LogP contribution in [0.5, 0.6) is 0 Å². The molecule has 2 nitrogen and oxygen atoms in total. The van der Waals surface area contributed by atoms with E-state index in [0.29, 0.717) is 5.56 Å². The third-order valence-electron chi connectivity index (χ3n) is 5.59. The van der Waals surface area contributed by atoms with Crippen LogP contribution in [0.4, 0.5) is 0 Å². The number of fused-ring (bicyclic) bond motifs is 1. The summed E-state index contributed by atoms with van der Waals surface area (Å²) in [5.41, 5.74) is 7.73. The van der Waals surface area contributed by atoms with Gasteiger partial charge in [0.1, 0.15) is 0 Å². The number of hydrogen-bond donors (Lipinski definition) is 1. The van der Waals surface area contributed by atoms with E-state index in [1.807, 2.05) is 24.3 Å². The topological polar surface area (TPSA) is 37.3 Å². The van der Waals surface area contributed by atoms with Crippen LogP contribution in [-0.2, 0) is 5.41 Å². The van der Waals surface area contributed by atoms with Gasteiger partial charge in [-0.05, 0) is 63.4 Å². The molecule has 0 amide bonds. The van der Waals surface area contributed by atoms with Crippen molar-refractivity contribution >= 4 is 23.7 Å². The summed E-state index contributed by atoms with van der Waals surface area (Å²) in [6.07, 6.45) is 7.48. The Balaban J connectivity index is 1.69. The minimum Gasteiger partial charge on any atom is -0.478 e. The van der Waals surface area contributed by atoms with Gasteiger partial charge in [0.2, 0.25) is 0 Å². The van der Waals surface area contributed by atoms with Gasteiger partial charge in [-0.2, -0.15) is 0 Å². The van der Waals surface area contributed by atoms with Crippen LogP contribution in [0.25, 0.3) is 17.7 Å². The van der Waals surface area contributed by atoms with E-state index in [0.717, 1.165) is 17.5 Å². The van der Waals surface area contributed by atoms with Crippen molar-refractivity contribution in [2.24, 2.45) is 0 Å². The van der Waals surface area contributed by atoms with Gasteiger partial charge in [-0.1, -0.05) is 86.7 Å². The number of benzene rings is 3. The van der Waals surface area contributed by atoms with Gasteiger partial charge in [0.25, 0.3) is 0 Å². The van der Waals surface area contributed by atoms with Gasteiger partial charge in [0, 0.05) is 0 Å². The molecule has 0 spiro atoms. The van der Waals surface area contributed by atoms with Gasteiger partial charge in [-0.3, -0.25) is 0 Å². The standard InChI is InChI=1S/C27H24O2/c1-27(2)17-16-23(21-6-4-3-5-7-21)24-18-20(12-15-25(24)27)9-8-19-10-13-22(14-11-19)26(28)29/h3-16,18H,17H2,1-2H3,(H,28,29). The highest BCUT2D eigenvalue weighted by Crippen LogP contribution is 2.41. The Labute approximate surface area is 171 Å². The first-order valence-corrected chi connectivity index (χ1v) is 9.86. The number of rotatable bonds is 4. The molecule has 29 heavy (non-hydrogen) atoms. The van der Waals surface area contributed by atoms with E-state index < -0.39 is 5.97 Å². The van der Waals surface area contributed by atoms with Crippen molar-refractivity contribution in [2.45, 2.75) is 25.7 Å². The Morgan fingerprint density at radius 2 is 1.55 bits per heavy atom. The summed E-state index contributed by atoms with van der Waals surface area (Å²) in [5, 5.41) is 9.03. The van der Waals surface area contributed by atoms with Crippen molar-refractivity contribution < 1.29 is 9.90 Å². The minimum atomic E-state index is -0.905. The maximum absolute atomic E-state index is 11.0. The molecule has 1 aliphatic rings. The second-order valence-electron chi connectivity index (χ2n) is 8.14. The highest BCUT2D eigenvalue weighted by atomic mass is 16.4. The van der Waals surface area contributed by atoms with Crippen molar-refractivity contribution in [2.75, 3.05) is 0 Å². The van der Waals surface area contributed by atoms with Crippen molar-refractivity contribution in [1.29, 1.82) is 0 Å². The minimum absolute atomic E-state index is 0.114. The summed E-state index contributed by atoms with van der Waals surface area (Å²) in [4.78, 5) is 11.0. The monoisotopic (exact) mass is 380 g/mol. The second kappa shape index (κ2) is 7.56. The number of aromatic carboxylic acids is 1. The molecule has 0 heterocycles. The van der Waals surface area contributed by atoms with E-state index in [4.69, 9.17) is 5.11 Å². The first kappa shape index (κ1) is 18.9. The van der Waals surface area contributed by atoms with Crippen LogP contribution in [0.15, 0.2) is 78.9 Å². The van der Waals surface area contributed by atoms with Crippen molar-refractivity contribution in [1.82, 2.24) is 0 Å².